The van der Waals surface area contributed by atoms with E-state index in [9.17, 15) is 4.79 Å². The first-order chi connectivity index (χ1) is 13.6. The second-order valence-corrected chi connectivity index (χ2v) is 7.88. The first-order valence-electron chi connectivity index (χ1n) is 10.6. The number of carbonyl (C=O) groups is 1. The number of halogens is 1. The van der Waals surface area contributed by atoms with E-state index in [1.54, 1.807) is 0 Å². The van der Waals surface area contributed by atoms with Crippen LogP contribution >= 0.6 is 24.0 Å². The van der Waals surface area contributed by atoms with Gasteiger partial charge >= 0.3 is 0 Å². The van der Waals surface area contributed by atoms with Crippen molar-refractivity contribution in [2.24, 2.45) is 4.99 Å². The lowest BCUT2D eigenvalue weighted by molar-refractivity contribution is -0.135. The third kappa shape index (κ3) is 6.31. The minimum Gasteiger partial charge on any atom is -0.356 e. The normalized spacial score (nSPS) is 19.1. The molecule has 1 amide bonds. The smallest absolute Gasteiger partial charge is 0.239 e. The van der Waals surface area contributed by atoms with Crippen molar-refractivity contribution >= 4 is 35.8 Å². The lowest BCUT2D eigenvalue weighted by Crippen LogP contribution is -2.57. The fraction of sp³-hybridized carbons (Fsp3) is 0.636. The third-order valence-electron chi connectivity index (χ3n) is 6.09. The number of guanidine groups is 1. The zero-order chi connectivity index (χ0) is 19.9. The molecule has 1 atom stereocenters. The number of aliphatic imine (C=N–C) groups is 1. The van der Waals surface area contributed by atoms with Gasteiger partial charge in [-0.15, -0.1) is 24.0 Å². The molecule has 2 saturated heterocycles. The standard InChI is InChI=1S/C22H35N5O.HI/c1-18-8-4-5-9-20(18)10-11-24-22(23-3)27-16-14-25(15-17-27)19(2)21(28)26-12-6-7-13-26;/h4-5,8-9,19H,6-7,10-17H2,1-3H3,(H,23,24);1H. The van der Waals surface area contributed by atoms with Gasteiger partial charge in [-0.3, -0.25) is 14.7 Å². The number of nitrogens with one attached hydrogen (secondary N) is 1. The van der Waals surface area contributed by atoms with E-state index in [0.717, 1.165) is 71.0 Å². The quantitative estimate of drug-likeness (QED) is 0.373. The molecule has 3 rings (SSSR count). The fourth-order valence-corrected chi connectivity index (χ4v) is 4.21. The van der Waals surface area contributed by atoms with E-state index in [0.29, 0.717) is 5.91 Å². The van der Waals surface area contributed by atoms with E-state index >= 15 is 0 Å². The first-order valence-corrected chi connectivity index (χ1v) is 10.6. The SMILES string of the molecule is CN=C(NCCc1ccccc1C)N1CCN(C(C)C(=O)N2CCCC2)CC1.I. The Hall–Kier alpha value is -1.35. The highest BCUT2D eigenvalue weighted by molar-refractivity contribution is 14.0. The fourth-order valence-electron chi connectivity index (χ4n) is 4.21. The molecule has 2 heterocycles. The van der Waals surface area contributed by atoms with Gasteiger partial charge in [0.25, 0.3) is 0 Å². The Labute approximate surface area is 192 Å². The molecule has 2 aliphatic rings. The predicted molar refractivity (Wildman–Crippen MR) is 130 cm³/mol. The Bertz CT molecular complexity index is 682. The molecule has 2 aliphatic heterocycles. The summed E-state index contributed by atoms with van der Waals surface area (Å²) < 4.78 is 0. The Kier molecular flexibility index (Phi) is 9.68. The van der Waals surface area contributed by atoms with Crippen molar-refractivity contribution in [3.8, 4) is 0 Å². The highest BCUT2D eigenvalue weighted by Gasteiger charge is 2.30. The largest absolute Gasteiger partial charge is 0.356 e. The van der Waals surface area contributed by atoms with Crippen molar-refractivity contribution in [2.75, 3.05) is 52.9 Å². The van der Waals surface area contributed by atoms with Crippen molar-refractivity contribution in [1.82, 2.24) is 20.0 Å². The van der Waals surface area contributed by atoms with Gasteiger partial charge in [-0.05, 0) is 44.2 Å². The molecule has 1 aromatic carbocycles. The number of hydrogen-bond donors (Lipinski definition) is 1. The molecular weight excluding hydrogens is 477 g/mol. The van der Waals surface area contributed by atoms with Crippen LogP contribution in [0.1, 0.15) is 30.9 Å². The zero-order valence-electron chi connectivity index (χ0n) is 18.1. The van der Waals surface area contributed by atoms with Gasteiger partial charge in [-0.2, -0.15) is 0 Å². The number of benzene rings is 1. The van der Waals surface area contributed by atoms with Gasteiger partial charge in [0.15, 0.2) is 5.96 Å². The van der Waals surface area contributed by atoms with Gasteiger partial charge < -0.3 is 15.1 Å². The van der Waals surface area contributed by atoms with E-state index in [1.165, 1.54) is 11.1 Å². The van der Waals surface area contributed by atoms with Gasteiger partial charge in [0.2, 0.25) is 5.91 Å². The average Bonchev–Trinajstić information content (AvgIpc) is 3.26. The molecular formula is C22H36IN5O. The second-order valence-electron chi connectivity index (χ2n) is 7.88. The minimum atomic E-state index is -0.0173. The van der Waals surface area contributed by atoms with Crippen LogP contribution in [0.25, 0.3) is 0 Å². The van der Waals surface area contributed by atoms with Crippen molar-refractivity contribution < 1.29 is 4.79 Å². The van der Waals surface area contributed by atoms with Crippen LogP contribution in [0.15, 0.2) is 29.3 Å². The molecule has 0 aliphatic carbocycles. The number of rotatable bonds is 5. The van der Waals surface area contributed by atoms with Crippen LogP contribution in [0, 0.1) is 6.92 Å². The van der Waals surface area contributed by atoms with E-state index in [1.807, 2.05) is 11.9 Å². The summed E-state index contributed by atoms with van der Waals surface area (Å²) in [6, 6.07) is 8.52. The van der Waals surface area contributed by atoms with Gasteiger partial charge in [0.1, 0.15) is 0 Å². The van der Waals surface area contributed by atoms with Gasteiger partial charge in [0, 0.05) is 52.9 Å². The average molecular weight is 513 g/mol. The molecule has 1 unspecified atom stereocenters. The molecule has 1 N–H and O–H groups in total. The summed E-state index contributed by atoms with van der Waals surface area (Å²) in [5.74, 6) is 1.26. The Morgan fingerprint density at radius 3 is 2.34 bits per heavy atom. The monoisotopic (exact) mass is 513 g/mol. The molecule has 0 spiro atoms. The summed E-state index contributed by atoms with van der Waals surface area (Å²) in [5, 5.41) is 3.51. The number of carbonyl (C=O) groups excluding carboxylic acids is 1. The van der Waals surface area contributed by atoms with Crippen LogP contribution in [0.5, 0.6) is 0 Å². The lowest BCUT2D eigenvalue weighted by atomic mass is 10.1. The summed E-state index contributed by atoms with van der Waals surface area (Å²) in [6.45, 7) is 10.6. The van der Waals surface area contributed by atoms with E-state index < -0.39 is 0 Å². The molecule has 7 heteroatoms. The summed E-state index contributed by atoms with van der Waals surface area (Å²) in [6.07, 6.45) is 3.29. The van der Waals surface area contributed by atoms with Crippen LogP contribution in [0.3, 0.4) is 0 Å². The molecule has 162 valence electrons. The van der Waals surface area contributed by atoms with E-state index in [-0.39, 0.29) is 30.0 Å². The maximum Gasteiger partial charge on any atom is 0.239 e. The predicted octanol–water partition coefficient (Wildman–Crippen LogP) is 2.36. The van der Waals surface area contributed by atoms with Crippen molar-refractivity contribution in [3.05, 3.63) is 35.4 Å². The van der Waals surface area contributed by atoms with Gasteiger partial charge in [-0.1, -0.05) is 24.3 Å². The topological polar surface area (TPSA) is 51.2 Å². The molecule has 0 saturated carbocycles. The third-order valence-corrected chi connectivity index (χ3v) is 6.09. The second kappa shape index (κ2) is 11.7. The molecule has 1 aromatic rings. The molecule has 29 heavy (non-hydrogen) atoms. The Morgan fingerprint density at radius 2 is 1.72 bits per heavy atom. The van der Waals surface area contributed by atoms with Crippen LogP contribution < -0.4 is 5.32 Å². The molecule has 2 fully saturated rings. The number of amides is 1. The highest BCUT2D eigenvalue weighted by Crippen LogP contribution is 2.14. The first kappa shape index (κ1) is 23.9. The Balaban J connectivity index is 0.00000300. The lowest BCUT2D eigenvalue weighted by Gasteiger charge is -2.39. The maximum absolute atomic E-state index is 12.7. The van der Waals surface area contributed by atoms with Crippen molar-refractivity contribution in [3.63, 3.8) is 0 Å². The minimum absolute atomic E-state index is 0. The van der Waals surface area contributed by atoms with E-state index in [4.69, 9.17) is 0 Å². The van der Waals surface area contributed by atoms with Crippen molar-refractivity contribution in [2.45, 2.75) is 39.2 Å². The molecule has 0 aromatic heterocycles. The summed E-state index contributed by atoms with van der Waals surface area (Å²) in [5.41, 5.74) is 2.72. The zero-order valence-corrected chi connectivity index (χ0v) is 20.4. The van der Waals surface area contributed by atoms with Crippen LogP contribution in [0.4, 0.5) is 0 Å². The maximum atomic E-state index is 12.7. The number of nitrogens with zero attached hydrogens (tertiary/aromatic N) is 4. The highest BCUT2D eigenvalue weighted by atomic mass is 127. The summed E-state index contributed by atoms with van der Waals surface area (Å²) in [7, 11) is 1.85. The van der Waals surface area contributed by atoms with Crippen LogP contribution in [-0.2, 0) is 11.2 Å². The van der Waals surface area contributed by atoms with Crippen molar-refractivity contribution in [1.29, 1.82) is 0 Å². The molecule has 6 nitrogen and oxygen atoms in total. The molecule has 0 bridgehead atoms. The number of hydrogen-bond acceptors (Lipinski definition) is 3. The summed E-state index contributed by atoms with van der Waals surface area (Å²) >= 11 is 0. The van der Waals surface area contributed by atoms with Crippen LogP contribution in [0.2, 0.25) is 0 Å². The number of likely N-dealkylation sites (tertiary alicyclic amines) is 1. The number of aryl methyl sites for hydroxylation is 1. The summed E-state index contributed by atoms with van der Waals surface area (Å²) in [4.78, 5) is 23.8. The Morgan fingerprint density at radius 1 is 1.07 bits per heavy atom. The van der Waals surface area contributed by atoms with Gasteiger partial charge in [-0.25, -0.2) is 0 Å². The van der Waals surface area contributed by atoms with Gasteiger partial charge in [0.05, 0.1) is 6.04 Å². The molecule has 0 radical (unpaired) electrons. The van der Waals surface area contributed by atoms with E-state index in [2.05, 4.69) is 58.2 Å². The number of piperazine rings is 1. The van der Waals surface area contributed by atoms with Crippen LogP contribution in [-0.4, -0.2) is 85.5 Å².